The number of rotatable bonds is 8. The van der Waals surface area contributed by atoms with Crippen molar-refractivity contribution in [3.8, 4) is 22.8 Å². The van der Waals surface area contributed by atoms with Crippen molar-refractivity contribution in [1.82, 2.24) is 20.1 Å². The lowest BCUT2D eigenvalue weighted by atomic mass is 9.81. The van der Waals surface area contributed by atoms with E-state index in [0.29, 0.717) is 10.9 Å². The number of ether oxygens (including phenoxy) is 2. The molecule has 0 radical (unpaired) electrons. The fourth-order valence-electron chi connectivity index (χ4n) is 5.33. The first-order valence-corrected chi connectivity index (χ1v) is 14.0. The number of aliphatic hydroxyl groups is 1. The van der Waals surface area contributed by atoms with Gasteiger partial charge in [-0.05, 0) is 69.2 Å². The lowest BCUT2D eigenvalue weighted by Crippen LogP contribution is -2.51. The molecule has 2 aromatic carbocycles. The molecule has 2 aromatic heterocycles. The van der Waals surface area contributed by atoms with Gasteiger partial charge in [0, 0.05) is 28.3 Å². The standard InChI is InChI=1S/C31H29F4N5O5/c1-28(8-9-28)40-13-18-10-17(11-21(44-3)23(18)39-40)26(41)37-14-30(43,31(33,34)35)22-12-20-25(45-15-29(20,2)27(36)42)24(38-22)16-4-6-19(32)7-5-16/h4-7,10-13,43H,8-9,14-15H2,1-3H3,(H2,36,42)(H,37,41)/t29-,30?/m0/s1. The van der Waals surface area contributed by atoms with E-state index in [1.165, 1.54) is 38.3 Å². The van der Waals surface area contributed by atoms with Gasteiger partial charge in [-0.3, -0.25) is 14.3 Å². The Bertz CT molecular complexity index is 1850. The normalized spacial score (nSPS) is 19.8. The maximum atomic E-state index is 14.7. The van der Waals surface area contributed by atoms with Gasteiger partial charge in [-0.25, -0.2) is 9.37 Å². The molecule has 45 heavy (non-hydrogen) atoms. The zero-order chi connectivity index (χ0) is 32.5. The van der Waals surface area contributed by atoms with Crippen LogP contribution in [0.5, 0.6) is 11.5 Å². The van der Waals surface area contributed by atoms with Crippen LogP contribution in [0.25, 0.3) is 22.2 Å². The van der Waals surface area contributed by atoms with E-state index >= 15 is 0 Å². The van der Waals surface area contributed by atoms with Crippen molar-refractivity contribution in [2.75, 3.05) is 20.3 Å². The average Bonchev–Trinajstić information content (AvgIpc) is 3.43. The van der Waals surface area contributed by atoms with E-state index in [1.807, 2.05) is 6.92 Å². The first-order chi connectivity index (χ1) is 21.1. The molecule has 4 N–H and O–H groups in total. The fraction of sp³-hybridized carbons (Fsp3) is 0.355. The Morgan fingerprint density at radius 2 is 1.84 bits per heavy atom. The van der Waals surface area contributed by atoms with E-state index in [4.69, 9.17) is 15.2 Å². The highest BCUT2D eigenvalue weighted by Crippen LogP contribution is 2.48. The molecule has 14 heteroatoms. The quantitative estimate of drug-likeness (QED) is 0.250. The maximum absolute atomic E-state index is 14.7. The van der Waals surface area contributed by atoms with Gasteiger partial charge in [0.1, 0.15) is 40.5 Å². The molecule has 10 nitrogen and oxygen atoms in total. The van der Waals surface area contributed by atoms with Crippen molar-refractivity contribution in [1.29, 1.82) is 0 Å². The monoisotopic (exact) mass is 627 g/mol. The third kappa shape index (κ3) is 4.93. The summed E-state index contributed by atoms with van der Waals surface area (Å²) in [6.07, 6.45) is -1.75. The van der Waals surface area contributed by atoms with Crippen molar-refractivity contribution in [2.45, 2.75) is 49.4 Å². The number of nitrogens with two attached hydrogens (primary N) is 1. The summed E-state index contributed by atoms with van der Waals surface area (Å²) in [6.45, 7) is 1.79. The highest BCUT2D eigenvalue weighted by Gasteiger charge is 2.57. The largest absolute Gasteiger partial charge is 0.494 e. The van der Waals surface area contributed by atoms with Gasteiger partial charge in [0.15, 0.2) is 0 Å². The van der Waals surface area contributed by atoms with Crippen LogP contribution in [0.3, 0.4) is 0 Å². The zero-order valence-corrected chi connectivity index (χ0v) is 24.5. The number of primary amides is 1. The predicted octanol–water partition coefficient (Wildman–Crippen LogP) is 4.07. The van der Waals surface area contributed by atoms with Crippen molar-refractivity contribution < 1.29 is 41.7 Å². The summed E-state index contributed by atoms with van der Waals surface area (Å²) in [4.78, 5) is 29.8. The number of aromatic nitrogens is 3. The Hall–Kier alpha value is -4.72. The molecule has 0 saturated heterocycles. The number of pyridine rings is 1. The van der Waals surface area contributed by atoms with E-state index < -0.39 is 47.1 Å². The lowest BCUT2D eigenvalue weighted by Gasteiger charge is -2.31. The van der Waals surface area contributed by atoms with Gasteiger partial charge in [0.05, 0.1) is 24.9 Å². The van der Waals surface area contributed by atoms with Crippen LogP contribution in [0.15, 0.2) is 48.7 Å². The van der Waals surface area contributed by atoms with E-state index in [2.05, 4.69) is 15.4 Å². The number of methoxy groups -OCH3 is 1. The Morgan fingerprint density at radius 3 is 2.44 bits per heavy atom. The smallest absolute Gasteiger partial charge is 0.424 e. The van der Waals surface area contributed by atoms with E-state index in [1.54, 1.807) is 10.9 Å². The molecule has 2 atom stereocenters. The van der Waals surface area contributed by atoms with Gasteiger partial charge in [-0.2, -0.15) is 18.3 Å². The molecule has 1 saturated carbocycles. The van der Waals surface area contributed by atoms with Gasteiger partial charge in [-0.15, -0.1) is 0 Å². The third-order valence-corrected chi connectivity index (χ3v) is 8.71. The van der Waals surface area contributed by atoms with Crippen LogP contribution in [0.4, 0.5) is 17.6 Å². The second kappa shape index (κ2) is 10.2. The molecule has 0 bridgehead atoms. The molecule has 2 amide bonds. The SMILES string of the molecule is COc1cc(C(=O)NCC(O)(c2cc3c(c(-c4ccc(F)cc4)n2)OC[C@]3(C)C(N)=O)C(F)(F)F)cc2cn(C3(C)CC3)nc12. The number of halogens is 4. The average molecular weight is 628 g/mol. The van der Waals surface area contributed by atoms with Gasteiger partial charge >= 0.3 is 6.18 Å². The van der Waals surface area contributed by atoms with Crippen LogP contribution in [0.1, 0.15) is 48.3 Å². The number of carbonyl (C=O) groups is 2. The summed E-state index contributed by atoms with van der Waals surface area (Å²) in [7, 11) is 1.39. The Balaban J connectivity index is 1.39. The van der Waals surface area contributed by atoms with Gasteiger partial charge < -0.3 is 25.6 Å². The van der Waals surface area contributed by atoms with E-state index in [9.17, 15) is 32.3 Å². The maximum Gasteiger partial charge on any atom is 0.424 e. The minimum absolute atomic E-state index is 0.0204. The molecule has 1 aliphatic carbocycles. The molecular weight excluding hydrogens is 598 g/mol. The van der Waals surface area contributed by atoms with Crippen molar-refractivity contribution >= 4 is 22.7 Å². The number of benzene rings is 2. The topological polar surface area (TPSA) is 142 Å². The number of hydrogen-bond acceptors (Lipinski definition) is 7. The van der Waals surface area contributed by atoms with Crippen molar-refractivity contribution in [2.24, 2.45) is 5.73 Å². The molecule has 236 valence electrons. The summed E-state index contributed by atoms with van der Waals surface area (Å²) in [6, 6.07) is 8.44. The lowest BCUT2D eigenvalue weighted by molar-refractivity contribution is -0.265. The third-order valence-electron chi connectivity index (χ3n) is 8.71. The molecule has 1 aliphatic heterocycles. The summed E-state index contributed by atoms with van der Waals surface area (Å²) in [5.41, 5.74) is -0.326. The summed E-state index contributed by atoms with van der Waals surface area (Å²) in [5.74, 6) is -2.18. The summed E-state index contributed by atoms with van der Waals surface area (Å²) < 4.78 is 70.8. The highest BCUT2D eigenvalue weighted by atomic mass is 19.4. The fourth-order valence-corrected chi connectivity index (χ4v) is 5.33. The number of amides is 2. The van der Waals surface area contributed by atoms with Crippen LogP contribution in [-0.4, -0.2) is 58.1 Å². The Labute approximate surface area is 254 Å². The number of nitrogens with zero attached hydrogens (tertiary/aromatic N) is 3. The van der Waals surface area contributed by atoms with Gasteiger partial charge in [0.25, 0.3) is 5.91 Å². The molecule has 1 fully saturated rings. The van der Waals surface area contributed by atoms with Gasteiger partial charge in [0.2, 0.25) is 11.5 Å². The van der Waals surface area contributed by atoms with Gasteiger partial charge in [-0.1, -0.05) is 0 Å². The Morgan fingerprint density at radius 1 is 1.16 bits per heavy atom. The second-order valence-corrected chi connectivity index (χ2v) is 12.0. The van der Waals surface area contributed by atoms with Crippen molar-refractivity contribution in [3.05, 3.63) is 71.3 Å². The minimum Gasteiger partial charge on any atom is -0.494 e. The van der Waals surface area contributed by atoms with Crippen LogP contribution < -0.4 is 20.5 Å². The number of hydrogen-bond donors (Lipinski definition) is 3. The number of alkyl halides is 3. The zero-order valence-electron chi connectivity index (χ0n) is 24.5. The molecule has 2 aliphatic rings. The molecular formula is C31H29F4N5O5. The number of nitrogens with one attached hydrogen (secondary N) is 1. The minimum atomic E-state index is -5.35. The first kappa shape index (κ1) is 30.3. The molecule has 1 unspecified atom stereocenters. The van der Waals surface area contributed by atoms with E-state index in [0.717, 1.165) is 31.0 Å². The molecule has 0 spiro atoms. The summed E-state index contributed by atoms with van der Waals surface area (Å²) >= 11 is 0. The van der Waals surface area contributed by atoms with Crippen LogP contribution in [0, 0.1) is 5.82 Å². The second-order valence-electron chi connectivity index (χ2n) is 12.0. The Kier molecular flexibility index (Phi) is 6.84. The van der Waals surface area contributed by atoms with Crippen LogP contribution >= 0.6 is 0 Å². The molecule has 6 rings (SSSR count). The first-order valence-electron chi connectivity index (χ1n) is 14.0. The summed E-state index contributed by atoms with van der Waals surface area (Å²) in [5, 5.41) is 18.6. The number of fused-ring (bicyclic) bond motifs is 2. The van der Waals surface area contributed by atoms with E-state index in [-0.39, 0.29) is 46.0 Å². The van der Waals surface area contributed by atoms with Crippen LogP contribution in [0.2, 0.25) is 0 Å². The highest BCUT2D eigenvalue weighted by molar-refractivity contribution is 6.00. The predicted molar refractivity (Wildman–Crippen MR) is 153 cm³/mol. The molecule has 4 aromatic rings. The molecule has 3 heterocycles. The van der Waals surface area contributed by atoms with Crippen LogP contribution in [-0.2, 0) is 21.3 Å². The number of carbonyl (C=O) groups excluding carboxylic acids is 2. The van der Waals surface area contributed by atoms with Crippen molar-refractivity contribution in [3.63, 3.8) is 0 Å².